The third kappa shape index (κ3) is 2.64. The van der Waals surface area contributed by atoms with Gasteiger partial charge in [-0.15, -0.1) is 0 Å². The Labute approximate surface area is 122 Å². The topological polar surface area (TPSA) is 29.5 Å². The van der Waals surface area contributed by atoms with Crippen LogP contribution in [0.5, 0.6) is 0 Å². The molecule has 2 atom stereocenters. The molecule has 1 N–H and O–H groups in total. The first kappa shape index (κ1) is 14.1. The molecule has 1 heterocycles. The molecule has 2 heteroatoms. The molecule has 0 bridgehead atoms. The maximum absolute atomic E-state index is 10.7. The summed E-state index contributed by atoms with van der Waals surface area (Å²) in [6.07, 6.45) is 5.32. The Kier molecular flexibility index (Phi) is 3.87. The molecule has 1 aromatic rings. The highest BCUT2D eigenvalue weighted by atomic mass is 16.5. The molecule has 1 aromatic carbocycles. The summed E-state index contributed by atoms with van der Waals surface area (Å²) in [5.41, 5.74) is 2.51. The van der Waals surface area contributed by atoms with Crippen molar-refractivity contribution >= 4 is 0 Å². The van der Waals surface area contributed by atoms with E-state index in [9.17, 15) is 5.11 Å². The summed E-state index contributed by atoms with van der Waals surface area (Å²) in [5, 5.41) is 10.7. The van der Waals surface area contributed by atoms with Gasteiger partial charge in [0.2, 0.25) is 0 Å². The number of rotatable bonds is 3. The lowest BCUT2D eigenvalue weighted by Crippen LogP contribution is -2.46. The van der Waals surface area contributed by atoms with Gasteiger partial charge in [-0.2, -0.15) is 0 Å². The molecule has 1 aliphatic carbocycles. The van der Waals surface area contributed by atoms with Crippen LogP contribution in [-0.2, 0) is 4.74 Å². The lowest BCUT2D eigenvalue weighted by Gasteiger charge is -2.48. The van der Waals surface area contributed by atoms with Crippen molar-refractivity contribution in [3.05, 3.63) is 35.4 Å². The van der Waals surface area contributed by atoms with Gasteiger partial charge in [0.1, 0.15) is 0 Å². The fraction of sp³-hybridized carbons (Fsp3) is 0.667. The molecule has 1 aliphatic heterocycles. The first-order valence-corrected chi connectivity index (χ1v) is 8.01. The van der Waals surface area contributed by atoms with E-state index in [2.05, 4.69) is 38.1 Å². The average Bonchev–Trinajstić information content (AvgIpc) is 2.45. The molecule has 3 rings (SSSR count). The molecule has 1 saturated carbocycles. The second kappa shape index (κ2) is 5.50. The SMILES string of the molecule is CC(C)c1ccc(C(O)C2CCOC3(CCC3)C2)cc1. The van der Waals surface area contributed by atoms with E-state index in [0.717, 1.165) is 25.0 Å². The molecule has 110 valence electrons. The molecular weight excluding hydrogens is 248 g/mol. The third-order valence-electron chi connectivity index (χ3n) is 5.19. The largest absolute Gasteiger partial charge is 0.388 e. The maximum atomic E-state index is 10.7. The molecule has 0 radical (unpaired) electrons. The van der Waals surface area contributed by atoms with Gasteiger partial charge in [0, 0.05) is 6.61 Å². The Hall–Kier alpha value is -0.860. The van der Waals surface area contributed by atoms with Gasteiger partial charge in [0.05, 0.1) is 11.7 Å². The lowest BCUT2D eigenvalue weighted by atomic mass is 9.70. The first-order valence-electron chi connectivity index (χ1n) is 8.01. The third-order valence-corrected chi connectivity index (χ3v) is 5.19. The standard InChI is InChI=1S/C18H26O2/c1-13(2)14-4-6-15(7-5-14)17(19)16-8-11-20-18(12-16)9-3-10-18/h4-7,13,16-17,19H,3,8-12H2,1-2H3. The second-order valence-electron chi connectivity index (χ2n) is 6.90. The van der Waals surface area contributed by atoms with Crippen molar-refractivity contribution in [3.8, 4) is 0 Å². The summed E-state index contributed by atoms with van der Waals surface area (Å²) in [6.45, 7) is 5.21. The van der Waals surface area contributed by atoms with Crippen molar-refractivity contribution in [1.82, 2.24) is 0 Å². The number of hydrogen-bond donors (Lipinski definition) is 1. The van der Waals surface area contributed by atoms with Gasteiger partial charge in [-0.3, -0.25) is 0 Å². The normalized spacial score (nSPS) is 26.5. The number of hydrogen-bond acceptors (Lipinski definition) is 2. The van der Waals surface area contributed by atoms with Gasteiger partial charge in [0.15, 0.2) is 0 Å². The number of ether oxygens (including phenoxy) is 1. The molecular formula is C18H26O2. The summed E-state index contributed by atoms with van der Waals surface area (Å²) < 4.78 is 5.96. The van der Waals surface area contributed by atoms with E-state index in [1.165, 1.54) is 24.8 Å². The lowest BCUT2D eigenvalue weighted by molar-refractivity contribution is -0.157. The number of aliphatic hydroxyl groups excluding tert-OH is 1. The van der Waals surface area contributed by atoms with E-state index in [1.54, 1.807) is 0 Å². The van der Waals surface area contributed by atoms with Crippen molar-refractivity contribution in [2.45, 2.75) is 63.6 Å². The Balaban J connectivity index is 1.69. The van der Waals surface area contributed by atoms with Crippen LogP contribution >= 0.6 is 0 Å². The minimum atomic E-state index is -0.336. The van der Waals surface area contributed by atoms with Crippen LogP contribution in [0.4, 0.5) is 0 Å². The molecule has 1 spiro atoms. The van der Waals surface area contributed by atoms with Crippen LogP contribution in [0.3, 0.4) is 0 Å². The van der Waals surface area contributed by atoms with Crippen molar-refractivity contribution in [3.63, 3.8) is 0 Å². The Bertz CT molecular complexity index is 445. The molecule has 2 nitrogen and oxygen atoms in total. The molecule has 2 unspecified atom stereocenters. The summed E-state index contributed by atoms with van der Waals surface area (Å²) in [5.74, 6) is 0.900. The van der Waals surface area contributed by atoms with Crippen LogP contribution in [0.2, 0.25) is 0 Å². The highest BCUT2D eigenvalue weighted by Crippen LogP contribution is 2.47. The van der Waals surface area contributed by atoms with Gasteiger partial charge < -0.3 is 9.84 Å². The summed E-state index contributed by atoms with van der Waals surface area (Å²) >= 11 is 0. The van der Waals surface area contributed by atoms with E-state index >= 15 is 0 Å². The Morgan fingerprint density at radius 1 is 1.15 bits per heavy atom. The van der Waals surface area contributed by atoms with Crippen molar-refractivity contribution < 1.29 is 9.84 Å². The van der Waals surface area contributed by atoms with Crippen LogP contribution in [0.15, 0.2) is 24.3 Å². The smallest absolute Gasteiger partial charge is 0.0820 e. The molecule has 1 saturated heterocycles. The van der Waals surface area contributed by atoms with E-state index in [0.29, 0.717) is 11.8 Å². The zero-order chi connectivity index (χ0) is 14.2. The maximum Gasteiger partial charge on any atom is 0.0820 e. The summed E-state index contributed by atoms with van der Waals surface area (Å²) in [6, 6.07) is 8.51. The fourth-order valence-corrected chi connectivity index (χ4v) is 3.60. The van der Waals surface area contributed by atoms with Crippen molar-refractivity contribution in [1.29, 1.82) is 0 Å². The quantitative estimate of drug-likeness (QED) is 0.895. The highest BCUT2D eigenvalue weighted by Gasteiger charge is 2.44. The van der Waals surface area contributed by atoms with Crippen LogP contribution in [0.25, 0.3) is 0 Å². The minimum absolute atomic E-state index is 0.113. The van der Waals surface area contributed by atoms with Crippen molar-refractivity contribution in [2.75, 3.05) is 6.61 Å². The molecule has 20 heavy (non-hydrogen) atoms. The molecule has 0 aromatic heterocycles. The van der Waals surface area contributed by atoms with Gasteiger partial charge in [0.25, 0.3) is 0 Å². The van der Waals surface area contributed by atoms with E-state index in [1.807, 2.05) is 0 Å². The Morgan fingerprint density at radius 2 is 1.80 bits per heavy atom. The predicted molar refractivity (Wildman–Crippen MR) is 80.7 cm³/mol. The second-order valence-corrected chi connectivity index (χ2v) is 6.90. The number of benzene rings is 1. The van der Waals surface area contributed by atoms with Crippen molar-refractivity contribution in [2.24, 2.45) is 5.92 Å². The summed E-state index contributed by atoms with van der Waals surface area (Å²) in [4.78, 5) is 0. The van der Waals surface area contributed by atoms with Crippen LogP contribution in [0.1, 0.15) is 69.1 Å². The molecule has 2 fully saturated rings. The minimum Gasteiger partial charge on any atom is -0.388 e. The predicted octanol–water partition coefficient (Wildman–Crippen LogP) is 4.19. The first-order chi connectivity index (χ1) is 9.60. The van der Waals surface area contributed by atoms with Gasteiger partial charge in [-0.1, -0.05) is 38.1 Å². The van der Waals surface area contributed by atoms with Gasteiger partial charge in [-0.25, -0.2) is 0 Å². The van der Waals surface area contributed by atoms with Gasteiger partial charge in [-0.05, 0) is 55.1 Å². The monoisotopic (exact) mass is 274 g/mol. The van der Waals surface area contributed by atoms with Crippen LogP contribution in [-0.4, -0.2) is 17.3 Å². The van der Waals surface area contributed by atoms with Gasteiger partial charge >= 0.3 is 0 Å². The van der Waals surface area contributed by atoms with E-state index in [4.69, 9.17) is 4.74 Å². The van der Waals surface area contributed by atoms with E-state index < -0.39 is 0 Å². The van der Waals surface area contributed by atoms with Crippen LogP contribution in [0, 0.1) is 5.92 Å². The zero-order valence-corrected chi connectivity index (χ0v) is 12.6. The molecule has 2 aliphatic rings. The fourth-order valence-electron chi connectivity index (χ4n) is 3.60. The van der Waals surface area contributed by atoms with Crippen LogP contribution < -0.4 is 0 Å². The van der Waals surface area contributed by atoms with E-state index in [-0.39, 0.29) is 11.7 Å². The molecule has 0 amide bonds. The average molecular weight is 274 g/mol. The highest BCUT2D eigenvalue weighted by molar-refractivity contribution is 5.26. The summed E-state index contributed by atoms with van der Waals surface area (Å²) in [7, 11) is 0. The Morgan fingerprint density at radius 3 is 2.35 bits per heavy atom. The number of aliphatic hydroxyl groups is 1. The zero-order valence-electron chi connectivity index (χ0n) is 12.6.